The van der Waals surface area contributed by atoms with E-state index in [0.29, 0.717) is 55.4 Å². The van der Waals surface area contributed by atoms with Crippen molar-refractivity contribution in [2.75, 3.05) is 66.0 Å². The Morgan fingerprint density at radius 2 is 1.72 bits per heavy atom. The molecule has 4 aromatic rings. The highest BCUT2D eigenvalue weighted by Gasteiger charge is 2.46. The van der Waals surface area contributed by atoms with Gasteiger partial charge in [-0.25, -0.2) is 4.98 Å². The van der Waals surface area contributed by atoms with Gasteiger partial charge in [0.15, 0.2) is 0 Å². The van der Waals surface area contributed by atoms with Crippen molar-refractivity contribution < 1.29 is 42.9 Å². The Balaban J connectivity index is 0.867. The summed E-state index contributed by atoms with van der Waals surface area (Å²) in [6, 6.07) is 9.34. The normalized spacial score (nSPS) is 19.0. The number of morpholine rings is 1. The van der Waals surface area contributed by atoms with Gasteiger partial charge in [0.2, 0.25) is 17.7 Å². The number of aromatic nitrogens is 2. The second-order valence-electron chi connectivity index (χ2n) is 15.9. The Bertz CT molecular complexity index is 2470. The molecule has 2 aromatic carbocycles. The van der Waals surface area contributed by atoms with Gasteiger partial charge in [-0.05, 0) is 61.6 Å². The SMILES string of the molecule is CNc1cc2c(=O)n(C)cc(-c3cc(OC)c(CN4CCC5(CC4)CN(C(=O)CCCOc4cccc6c4C(=O)N(C4CCC(=O)NC4=O)C6=O)CCO5)c(OC)c3)c2cn1. The number of benzene rings is 2. The summed E-state index contributed by atoms with van der Waals surface area (Å²) >= 11 is 0. The Morgan fingerprint density at radius 3 is 2.43 bits per heavy atom. The van der Waals surface area contributed by atoms with Gasteiger partial charge in [0.05, 0.1) is 55.1 Å². The molecule has 0 radical (unpaired) electrons. The van der Waals surface area contributed by atoms with E-state index in [4.69, 9.17) is 18.9 Å². The molecule has 3 fully saturated rings. The first kappa shape index (κ1) is 41.4. The number of hydrogen-bond donors (Lipinski definition) is 2. The number of hydrogen-bond acceptors (Lipinski definition) is 13. The molecule has 1 spiro atoms. The molecule has 1 unspecified atom stereocenters. The Labute approximate surface area is 351 Å². The molecule has 320 valence electrons. The molecule has 5 amide bonds. The van der Waals surface area contributed by atoms with E-state index in [1.165, 1.54) is 6.07 Å². The number of anilines is 1. The number of rotatable bonds is 12. The highest BCUT2D eigenvalue weighted by molar-refractivity contribution is 6.24. The summed E-state index contributed by atoms with van der Waals surface area (Å²) in [4.78, 5) is 86.8. The summed E-state index contributed by atoms with van der Waals surface area (Å²) < 4.78 is 25.8. The van der Waals surface area contributed by atoms with Crippen molar-refractivity contribution in [3.63, 3.8) is 0 Å². The third kappa shape index (κ3) is 7.90. The third-order valence-corrected chi connectivity index (χ3v) is 12.2. The summed E-state index contributed by atoms with van der Waals surface area (Å²) in [5.41, 5.74) is 2.19. The van der Waals surface area contributed by atoms with Crippen LogP contribution >= 0.6 is 0 Å². The number of carbonyl (C=O) groups is 5. The van der Waals surface area contributed by atoms with Gasteiger partial charge in [-0.1, -0.05) is 6.07 Å². The summed E-state index contributed by atoms with van der Waals surface area (Å²) in [5.74, 6) is -0.241. The topological polar surface area (TPSA) is 191 Å². The van der Waals surface area contributed by atoms with E-state index in [0.717, 1.165) is 52.9 Å². The molecule has 4 aliphatic rings. The lowest BCUT2D eigenvalue weighted by Gasteiger charge is -2.47. The van der Waals surface area contributed by atoms with E-state index in [1.807, 2.05) is 17.0 Å². The van der Waals surface area contributed by atoms with Crippen LogP contribution in [0.1, 0.15) is 64.8 Å². The number of methoxy groups -OCH3 is 2. The molecule has 61 heavy (non-hydrogen) atoms. The van der Waals surface area contributed by atoms with Crippen LogP contribution in [-0.2, 0) is 32.7 Å². The predicted octanol–water partition coefficient (Wildman–Crippen LogP) is 3.11. The largest absolute Gasteiger partial charge is 0.496 e. The number of amides is 5. The summed E-state index contributed by atoms with van der Waals surface area (Å²) in [7, 11) is 6.76. The third-order valence-electron chi connectivity index (χ3n) is 12.2. The van der Waals surface area contributed by atoms with Crippen molar-refractivity contribution in [3.05, 3.63) is 75.8 Å². The molecule has 0 bridgehead atoms. The molecule has 3 saturated heterocycles. The fourth-order valence-corrected chi connectivity index (χ4v) is 8.89. The molecule has 4 aliphatic heterocycles. The van der Waals surface area contributed by atoms with Crippen molar-refractivity contribution >= 4 is 46.1 Å². The van der Waals surface area contributed by atoms with Gasteiger partial charge >= 0.3 is 0 Å². The molecule has 2 N–H and O–H groups in total. The molecular weight excluding hydrogens is 787 g/mol. The average Bonchev–Trinajstić information content (AvgIpc) is 3.52. The number of aryl methyl sites for hydroxylation is 1. The summed E-state index contributed by atoms with van der Waals surface area (Å²) in [5, 5.41) is 6.48. The molecule has 17 heteroatoms. The van der Waals surface area contributed by atoms with E-state index >= 15 is 0 Å². The molecule has 8 rings (SSSR count). The Hall–Kier alpha value is -6.33. The second-order valence-corrected chi connectivity index (χ2v) is 15.9. The lowest BCUT2D eigenvalue weighted by atomic mass is 9.88. The predicted molar refractivity (Wildman–Crippen MR) is 223 cm³/mol. The van der Waals surface area contributed by atoms with E-state index < -0.39 is 35.3 Å². The minimum atomic E-state index is -1.07. The van der Waals surface area contributed by atoms with Crippen LogP contribution in [0, 0.1) is 0 Å². The zero-order valence-corrected chi connectivity index (χ0v) is 34.7. The van der Waals surface area contributed by atoms with Gasteiger partial charge in [-0.15, -0.1) is 0 Å². The van der Waals surface area contributed by atoms with Gasteiger partial charge in [0, 0.05) is 83.0 Å². The number of imide groups is 2. The zero-order chi connectivity index (χ0) is 43.0. The van der Waals surface area contributed by atoms with Gasteiger partial charge in [0.1, 0.15) is 29.1 Å². The number of ether oxygens (including phenoxy) is 4. The zero-order valence-electron chi connectivity index (χ0n) is 34.7. The molecular formula is C44H49N7O10. The van der Waals surface area contributed by atoms with Crippen molar-refractivity contribution in [2.24, 2.45) is 7.05 Å². The summed E-state index contributed by atoms with van der Waals surface area (Å²) in [6.07, 6.45) is 5.68. The lowest BCUT2D eigenvalue weighted by molar-refractivity contribution is -0.159. The number of nitrogens with zero attached hydrogens (tertiary/aromatic N) is 5. The minimum absolute atomic E-state index is 0.0126. The maximum atomic E-state index is 13.5. The second kappa shape index (κ2) is 17.0. The van der Waals surface area contributed by atoms with Crippen LogP contribution < -0.4 is 30.4 Å². The van der Waals surface area contributed by atoms with Crippen LogP contribution in [0.2, 0.25) is 0 Å². The van der Waals surface area contributed by atoms with E-state index in [1.54, 1.807) is 63.5 Å². The van der Waals surface area contributed by atoms with Crippen molar-refractivity contribution in [1.29, 1.82) is 0 Å². The first-order chi connectivity index (χ1) is 29.4. The molecule has 2 aromatic heterocycles. The van der Waals surface area contributed by atoms with Crippen molar-refractivity contribution in [2.45, 2.75) is 56.7 Å². The van der Waals surface area contributed by atoms with E-state index in [9.17, 15) is 28.8 Å². The van der Waals surface area contributed by atoms with Crippen LogP contribution in [0.3, 0.4) is 0 Å². The quantitative estimate of drug-likeness (QED) is 0.157. The number of pyridine rings is 2. The lowest BCUT2D eigenvalue weighted by Crippen LogP contribution is -2.57. The smallest absolute Gasteiger partial charge is 0.266 e. The summed E-state index contributed by atoms with van der Waals surface area (Å²) in [6.45, 7) is 3.59. The highest BCUT2D eigenvalue weighted by Crippen LogP contribution is 2.40. The maximum absolute atomic E-state index is 13.5. The van der Waals surface area contributed by atoms with Gasteiger partial charge in [-0.3, -0.25) is 43.9 Å². The first-order valence-corrected chi connectivity index (χ1v) is 20.5. The molecule has 1 atom stereocenters. The fraction of sp³-hybridized carbons (Fsp3) is 0.432. The van der Waals surface area contributed by atoms with Crippen LogP contribution in [0.15, 0.2) is 53.6 Å². The Morgan fingerprint density at radius 1 is 0.967 bits per heavy atom. The van der Waals surface area contributed by atoms with Crippen molar-refractivity contribution in [1.82, 2.24) is 29.6 Å². The van der Waals surface area contributed by atoms with Gasteiger partial charge in [0.25, 0.3) is 17.4 Å². The maximum Gasteiger partial charge on any atom is 0.266 e. The number of nitrogens with one attached hydrogen (secondary N) is 2. The van der Waals surface area contributed by atoms with E-state index in [2.05, 4.69) is 20.5 Å². The van der Waals surface area contributed by atoms with E-state index in [-0.39, 0.29) is 54.2 Å². The van der Waals surface area contributed by atoms with Crippen LogP contribution in [-0.4, -0.2) is 126 Å². The highest BCUT2D eigenvalue weighted by atomic mass is 16.5. The van der Waals surface area contributed by atoms with Crippen LogP contribution in [0.25, 0.3) is 21.9 Å². The molecule has 17 nitrogen and oxygen atoms in total. The first-order valence-electron chi connectivity index (χ1n) is 20.5. The standard InChI is InChI=1S/C44H49N7O10/c1-45-36-21-28-29(22-46-36)30(23-48(2)41(28)55)26-19-34(58-3)31(35(20-26)59-4)24-49-14-12-44(13-15-49)25-50(16-18-61-44)38(53)9-6-17-60-33-8-5-7-27-39(33)43(57)51(42(27)56)32-10-11-37(52)47-40(32)54/h5,7-8,19-23,32H,6,9-18,24-25H2,1-4H3,(H,45,46)(H,47,52,54). The average molecular weight is 836 g/mol. The number of piperidine rings is 2. The molecule has 6 heterocycles. The monoisotopic (exact) mass is 835 g/mol. The number of carbonyl (C=O) groups excluding carboxylic acids is 5. The fourth-order valence-electron chi connectivity index (χ4n) is 8.89. The van der Waals surface area contributed by atoms with Gasteiger partial charge < -0.3 is 33.7 Å². The van der Waals surface area contributed by atoms with Crippen LogP contribution in [0.4, 0.5) is 5.82 Å². The van der Waals surface area contributed by atoms with Gasteiger partial charge in [-0.2, -0.15) is 0 Å². The Kier molecular flexibility index (Phi) is 11.5. The van der Waals surface area contributed by atoms with Crippen molar-refractivity contribution in [3.8, 4) is 28.4 Å². The number of likely N-dealkylation sites (tertiary alicyclic amines) is 1. The minimum Gasteiger partial charge on any atom is -0.496 e. The molecule has 0 aliphatic carbocycles. The van der Waals surface area contributed by atoms with Crippen LogP contribution in [0.5, 0.6) is 17.2 Å². The molecule has 0 saturated carbocycles. The number of fused-ring (bicyclic) bond motifs is 2.